The van der Waals surface area contributed by atoms with E-state index in [0.29, 0.717) is 11.1 Å². The average Bonchev–Trinajstić information content (AvgIpc) is 2.81. The fourth-order valence-electron chi connectivity index (χ4n) is 4.14. The number of nitrogens with zero attached hydrogens (tertiary/aromatic N) is 1. The molecule has 1 aliphatic rings. The summed E-state index contributed by atoms with van der Waals surface area (Å²) < 4.78 is 101. The Balaban J connectivity index is 1.74. The first-order valence-electron chi connectivity index (χ1n) is 10.7. The third-order valence-corrected chi connectivity index (χ3v) is 7.19. The van der Waals surface area contributed by atoms with E-state index in [-0.39, 0.29) is 36.4 Å². The first-order chi connectivity index (χ1) is 16.6. The topological polar surface area (TPSA) is 68.3 Å². The Labute approximate surface area is 199 Å². The Morgan fingerprint density at radius 3 is 2.51 bits per heavy atom. The van der Waals surface area contributed by atoms with Crippen LogP contribution in [0.3, 0.4) is 0 Å². The molecule has 3 aromatic rings. The molecule has 35 heavy (non-hydrogen) atoms. The molecule has 4 rings (SSSR count). The molecular weight excluding hydrogens is 491 g/mol. The van der Waals surface area contributed by atoms with E-state index in [4.69, 9.17) is 4.74 Å². The fourth-order valence-corrected chi connectivity index (χ4v) is 5.35. The lowest BCUT2D eigenvalue weighted by Gasteiger charge is -2.33. The summed E-state index contributed by atoms with van der Waals surface area (Å²) in [7, 11) is -4.24. The monoisotopic (exact) mass is 512 g/mol. The Bertz CT molecular complexity index is 1310. The number of hydrogen-bond donors (Lipinski definition) is 1. The minimum Gasteiger partial charge on any atom is -0.472 e. The normalized spacial score (nSPS) is 18.0. The quantitative estimate of drug-likeness (QED) is 0.320. The number of ether oxygens (including phenoxy) is 1. The third kappa shape index (κ3) is 5.55. The first kappa shape index (κ1) is 24.9. The molecule has 0 saturated heterocycles. The highest BCUT2D eigenvalue weighted by Gasteiger charge is 2.39. The van der Waals surface area contributed by atoms with Crippen molar-refractivity contribution in [1.29, 1.82) is 0 Å². The van der Waals surface area contributed by atoms with Crippen LogP contribution < -0.4 is 9.46 Å². The van der Waals surface area contributed by atoms with Crippen LogP contribution >= 0.6 is 0 Å². The van der Waals surface area contributed by atoms with Crippen molar-refractivity contribution in [3.05, 3.63) is 88.9 Å². The third-order valence-electron chi connectivity index (χ3n) is 5.71. The van der Waals surface area contributed by atoms with Gasteiger partial charge in [0.05, 0.1) is 12.2 Å². The second-order valence-corrected chi connectivity index (χ2v) is 9.89. The van der Waals surface area contributed by atoms with Gasteiger partial charge in [-0.2, -0.15) is 17.6 Å². The van der Waals surface area contributed by atoms with Gasteiger partial charge in [-0.05, 0) is 54.3 Å². The molecule has 2 heterocycles. The van der Waals surface area contributed by atoms with Gasteiger partial charge in [-0.3, -0.25) is 9.11 Å². The van der Waals surface area contributed by atoms with E-state index in [9.17, 15) is 30.4 Å². The molecule has 1 N–H and O–H groups in total. The van der Waals surface area contributed by atoms with E-state index in [2.05, 4.69) is 9.71 Å². The molecule has 0 radical (unpaired) electrons. The number of halogens is 5. The highest BCUT2D eigenvalue weighted by Crippen LogP contribution is 2.44. The zero-order chi connectivity index (χ0) is 25.2. The lowest BCUT2D eigenvalue weighted by molar-refractivity contribution is -0.137. The summed E-state index contributed by atoms with van der Waals surface area (Å²) in [6, 6.07) is 13.5. The van der Waals surface area contributed by atoms with Crippen molar-refractivity contribution in [2.75, 3.05) is 11.4 Å². The predicted octanol–water partition coefficient (Wildman–Crippen LogP) is 5.82. The molecular formula is C24H21F5N2O3S. The van der Waals surface area contributed by atoms with Gasteiger partial charge in [0.15, 0.2) is 0 Å². The van der Waals surface area contributed by atoms with Crippen molar-refractivity contribution in [2.24, 2.45) is 0 Å². The molecule has 0 aliphatic carbocycles. The molecule has 186 valence electrons. The maximum Gasteiger partial charge on any atom is 0.416 e. The van der Waals surface area contributed by atoms with Gasteiger partial charge < -0.3 is 4.74 Å². The number of aromatic nitrogens is 1. The number of rotatable bonds is 7. The Morgan fingerprint density at radius 2 is 1.80 bits per heavy atom. The second kappa shape index (κ2) is 9.80. The minimum atomic E-state index is -4.58. The van der Waals surface area contributed by atoms with Crippen molar-refractivity contribution in [1.82, 2.24) is 4.98 Å². The molecule has 0 spiro atoms. The van der Waals surface area contributed by atoms with Gasteiger partial charge in [0.25, 0.3) is 10.0 Å². The van der Waals surface area contributed by atoms with Gasteiger partial charge in [0.1, 0.15) is 11.6 Å². The molecule has 0 unspecified atom stereocenters. The molecule has 1 aromatic heterocycles. The van der Waals surface area contributed by atoms with Crippen LogP contribution in [0.15, 0.2) is 60.7 Å². The number of nitrogens with one attached hydrogen (secondary N) is 1. The summed E-state index contributed by atoms with van der Waals surface area (Å²) in [4.78, 5) is 3.50. The summed E-state index contributed by atoms with van der Waals surface area (Å²) >= 11 is 0. The Morgan fingerprint density at radius 1 is 1.03 bits per heavy atom. The zero-order valence-electron chi connectivity index (χ0n) is 18.2. The number of fused-ring (bicyclic) bond motifs is 1. The minimum absolute atomic E-state index is 0.0215. The summed E-state index contributed by atoms with van der Waals surface area (Å²) in [6.07, 6.45) is -4.63. The standard InChI is InChI=1S/C24H21F5N2O3S/c25-12-4-5-15-13-16(24(27,28)29)10-11-17(15)19-14-23(34-20-7-2-1-6-18(19)20)35(32,33)31-22-9-3-8-21(26)30-22/h1-3,6-11,13,19,23H,4-5,12,14H2,(H,30,31)/t19-,23+/m0/s1. The van der Waals surface area contributed by atoms with Gasteiger partial charge in [-0.25, -0.2) is 13.4 Å². The van der Waals surface area contributed by atoms with Gasteiger partial charge in [-0.15, -0.1) is 0 Å². The summed E-state index contributed by atoms with van der Waals surface area (Å²) in [5, 5.41) is 0. The molecule has 0 saturated carbocycles. The number of para-hydroxylation sites is 1. The van der Waals surface area contributed by atoms with Crippen molar-refractivity contribution < 1.29 is 35.1 Å². The van der Waals surface area contributed by atoms with Crippen molar-refractivity contribution in [3.8, 4) is 5.75 Å². The van der Waals surface area contributed by atoms with Crippen LogP contribution in [0.4, 0.5) is 27.8 Å². The molecule has 2 aromatic carbocycles. The highest BCUT2D eigenvalue weighted by molar-refractivity contribution is 7.93. The number of pyridine rings is 1. The SMILES string of the molecule is O=S(=O)(Nc1cccc(F)n1)[C@@H]1C[C@@H](c2ccc(C(F)(F)F)cc2CCCF)c2ccccc2O1. The van der Waals surface area contributed by atoms with Crippen LogP contribution in [0.2, 0.25) is 0 Å². The predicted molar refractivity (Wildman–Crippen MR) is 120 cm³/mol. The molecule has 1 aliphatic heterocycles. The van der Waals surface area contributed by atoms with E-state index in [1.54, 1.807) is 24.3 Å². The van der Waals surface area contributed by atoms with E-state index in [1.165, 1.54) is 18.2 Å². The Hall–Kier alpha value is -3.21. The number of anilines is 1. The van der Waals surface area contributed by atoms with Crippen LogP contribution in [0.5, 0.6) is 5.75 Å². The van der Waals surface area contributed by atoms with Crippen LogP contribution in [-0.4, -0.2) is 25.5 Å². The lowest BCUT2D eigenvalue weighted by atomic mass is 9.82. The van der Waals surface area contributed by atoms with Gasteiger partial charge in [0, 0.05) is 17.9 Å². The van der Waals surface area contributed by atoms with Gasteiger partial charge >= 0.3 is 6.18 Å². The molecule has 2 atom stereocenters. The molecule has 0 fully saturated rings. The smallest absolute Gasteiger partial charge is 0.416 e. The van der Waals surface area contributed by atoms with Crippen LogP contribution in [0.25, 0.3) is 0 Å². The van der Waals surface area contributed by atoms with E-state index < -0.39 is 45.7 Å². The number of alkyl halides is 4. The second-order valence-electron chi connectivity index (χ2n) is 8.07. The first-order valence-corrected chi connectivity index (χ1v) is 12.3. The molecule has 5 nitrogen and oxygen atoms in total. The summed E-state index contributed by atoms with van der Waals surface area (Å²) in [5.74, 6) is -1.50. The maximum atomic E-state index is 13.4. The summed E-state index contributed by atoms with van der Waals surface area (Å²) in [5.41, 5.74) is -0.951. The van der Waals surface area contributed by atoms with Gasteiger partial charge in [0.2, 0.25) is 11.4 Å². The Kier molecular flexibility index (Phi) is 6.98. The highest BCUT2D eigenvalue weighted by atomic mass is 32.2. The van der Waals surface area contributed by atoms with Crippen LogP contribution in [0, 0.1) is 5.95 Å². The van der Waals surface area contributed by atoms with E-state index >= 15 is 0 Å². The summed E-state index contributed by atoms with van der Waals surface area (Å²) in [6.45, 7) is -0.707. The molecule has 0 amide bonds. The van der Waals surface area contributed by atoms with Crippen molar-refractivity contribution in [2.45, 2.75) is 36.8 Å². The van der Waals surface area contributed by atoms with Crippen molar-refractivity contribution >= 4 is 15.8 Å². The molecule has 11 heteroatoms. The van der Waals surface area contributed by atoms with E-state index in [0.717, 1.165) is 18.2 Å². The molecule has 0 bridgehead atoms. The number of hydrogen-bond acceptors (Lipinski definition) is 4. The number of aryl methyl sites for hydroxylation is 1. The zero-order valence-corrected chi connectivity index (χ0v) is 19.0. The maximum absolute atomic E-state index is 13.4. The number of sulfonamides is 1. The van der Waals surface area contributed by atoms with Crippen molar-refractivity contribution in [3.63, 3.8) is 0 Å². The lowest BCUT2D eigenvalue weighted by Crippen LogP contribution is -2.37. The largest absolute Gasteiger partial charge is 0.472 e. The van der Waals surface area contributed by atoms with E-state index in [1.807, 2.05) is 0 Å². The van der Waals surface area contributed by atoms with Crippen LogP contribution in [-0.2, 0) is 22.6 Å². The van der Waals surface area contributed by atoms with Crippen LogP contribution in [0.1, 0.15) is 41.0 Å². The fraction of sp³-hybridized carbons (Fsp3) is 0.292. The number of benzene rings is 2. The van der Waals surface area contributed by atoms with Gasteiger partial charge in [-0.1, -0.05) is 30.3 Å². The average molecular weight is 513 g/mol.